The van der Waals surface area contributed by atoms with Gasteiger partial charge in [-0.15, -0.1) is 0 Å². The third kappa shape index (κ3) is 5.42. The Morgan fingerprint density at radius 3 is 2.23 bits per heavy atom. The Morgan fingerprint density at radius 1 is 1.00 bits per heavy atom. The molecule has 0 radical (unpaired) electrons. The van der Waals surface area contributed by atoms with Crippen LogP contribution in [0.5, 0.6) is 0 Å². The van der Waals surface area contributed by atoms with Crippen molar-refractivity contribution in [3.05, 3.63) is 65.7 Å². The number of anilines is 1. The van der Waals surface area contributed by atoms with Gasteiger partial charge in [0.2, 0.25) is 5.91 Å². The molecule has 0 fully saturated rings. The number of amides is 2. The second kappa shape index (κ2) is 9.33. The van der Waals surface area contributed by atoms with Crippen molar-refractivity contribution < 1.29 is 24.2 Å². The topological polar surface area (TPSA) is 110 Å². The minimum absolute atomic E-state index is 0.00278. The maximum absolute atomic E-state index is 12.5. The SMILES string of the molecule is NC(=O)CCN(C(=O)COC(=O)c1ccc(CO)cc1)c1ccccc1. The number of hydrogen-bond donors (Lipinski definition) is 2. The van der Waals surface area contributed by atoms with E-state index in [0.717, 1.165) is 0 Å². The molecule has 0 saturated heterocycles. The zero-order valence-corrected chi connectivity index (χ0v) is 14.1. The normalized spacial score (nSPS) is 10.2. The number of aliphatic hydroxyl groups excluding tert-OH is 1. The average molecular weight is 356 g/mol. The first-order valence-electron chi connectivity index (χ1n) is 8.02. The van der Waals surface area contributed by atoms with E-state index in [9.17, 15) is 14.4 Å². The quantitative estimate of drug-likeness (QED) is 0.692. The van der Waals surface area contributed by atoms with Crippen molar-refractivity contribution in [3.63, 3.8) is 0 Å². The molecule has 2 rings (SSSR count). The Labute approximate surface area is 151 Å². The van der Waals surface area contributed by atoms with Gasteiger partial charge in [0, 0.05) is 18.7 Å². The maximum Gasteiger partial charge on any atom is 0.338 e. The fourth-order valence-electron chi connectivity index (χ4n) is 2.26. The van der Waals surface area contributed by atoms with Crippen molar-refractivity contribution in [2.45, 2.75) is 13.0 Å². The van der Waals surface area contributed by atoms with Crippen LogP contribution in [0.4, 0.5) is 5.69 Å². The summed E-state index contributed by atoms with van der Waals surface area (Å²) in [7, 11) is 0. The van der Waals surface area contributed by atoms with Crippen LogP contribution in [-0.2, 0) is 20.9 Å². The van der Waals surface area contributed by atoms with Crippen molar-refractivity contribution in [1.29, 1.82) is 0 Å². The summed E-state index contributed by atoms with van der Waals surface area (Å²) in [6, 6.07) is 15.0. The monoisotopic (exact) mass is 356 g/mol. The van der Waals surface area contributed by atoms with E-state index in [-0.39, 0.29) is 25.1 Å². The molecule has 0 saturated carbocycles. The summed E-state index contributed by atoms with van der Waals surface area (Å²) in [5.74, 6) is -1.64. The lowest BCUT2D eigenvalue weighted by Gasteiger charge is -2.22. The molecule has 0 unspecified atom stereocenters. The van der Waals surface area contributed by atoms with Gasteiger partial charge in [0.25, 0.3) is 5.91 Å². The van der Waals surface area contributed by atoms with E-state index in [0.29, 0.717) is 11.3 Å². The van der Waals surface area contributed by atoms with Gasteiger partial charge < -0.3 is 20.5 Å². The van der Waals surface area contributed by atoms with Crippen molar-refractivity contribution in [1.82, 2.24) is 0 Å². The number of nitrogens with two attached hydrogens (primary N) is 1. The van der Waals surface area contributed by atoms with Gasteiger partial charge in [-0.1, -0.05) is 30.3 Å². The molecule has 2 amide bonds. The van der Waals surface area contributed by atoms with Crippen molar-refractivity contribution in [3.8, 4) is 0 Å². The highest BCUT2D eigenvalue weighted by atomic mass is 16.5. The smallest absolute Gasteiger partial charge is 0.338 e. The molecule has 0 aromatic heterocycles. The molecule has 0 aliphatic carbocycles. The molecule has 0 aliphatic rings. The number of ether oxygens (including phenoxy) is 1. The summed E-state index contributed by atoms with van der Waals surface area (Å²) in [6.45, 7) is -0.491. The van der Waals surface area contributed by atoms with Gasteiger partial charge in [-0.25, -0.2) is 4.79 Å². The number of benzene rings is 2. The number of esters is 1. The van der Waals surface area contributed by atoms with Crippen LogP contribution in [0, 0.1) is 0 Å². The molecule has 0 heterocycles. The van der Waals surface area contributed by atoms with E-state index in [1.54, 1.807) is 42.5 Å². The number of hydrogen-bond acceptors (Lipinski definition) is 5. The number of carbonyl (C=O) groups is 3. The molecule has 2 aromatic carbocycles. The average Bonchev–Trinajstić information content (AvgIpc) is 2.67. The summed E-state index contributed by atoms with van der Waals surface area (Å²) in [6.07, 6.45) is -0.00278. The van der Waals surface area contributed by atoms with Gasteiger partial charge in [0.1, 0.15) is 0 Å². The highest BCUT2D eigenvalue weighted by molar-refractivity contribution is 5.97. The third-order valence-corrected chi connectivity index (χ3v) is 3.65. The summed E-state index contributed by atoms with van der Waals surface area (Å²) < 4.78 is 5.06. The molecular formula is C19H20N2O5. The highest BCUT2D eigenvalue weighted by Crippen LogP contribution is 2.14. The molecule has 0 spiro atoms. The lowest BCUT2D eigenvalue weighted by atomic mass is 10.1. The Kier molecular flexibility index (Phi) is 6.87. The Hall–Kier alpha value is -3.19. The molecule has 7 nitrogen and oxygen atoms in total. The Bertz CT molecular complexity index is 759. The van der Waals surface area contributed by atoms with E-state index in [2.05, 4.69) is 0 Å². The maximum atomic E-state index is 12.5. The molecule has 3 N–H and O–H groups in total. The van der Waals surface area contributed by atoms with E-state index in [4.69, 9.17) is 15.6 Å². The lowest BCUT2D eigenvalue weighted by Crippen LogP contribution is -2.37. The lowest BCUT2D eigenvalue weighted by molar-refractivity contribution is -0.121. The molecule has 26 heavy (non-hydrogen) atoms. The molecule has 2 aromatic rings. The third-order valence-electron chi connectivity index (χ3n) is 3.65. The molecule has 0 bridgehead atoms. The highest BCUT2D eigenvalue weighted by Gasteiger charge is 2.18. The fourth-order valence-corrected chi connectivity index (χ4v) is 2.26. The zero-order chi connectivity index (χ0) is 18.9. The van der Waals surface area contributed by atoms with Gasteiger partial charge in [0.15, 0.2) is 6.61 Å². The summed E-state index contributed by atoms with van der Waals surface area (Å²) in [5.41, 5.74) is 6.69. The fraction of sp³-hybridized carbons (Fsp3) is 0.211. The minimum atomic E-state index is -0.647. The predicted octanol–water partition coefficient (Wildman–Crippen LogP) is 1.24. The summed E-state index contributed by atoms with van der Waals surface area (Å²) >= 11 is 0. The van der Waals surface area contributed by atoms with Gasteiger partial charge in [-0.3, -0.25) is 9.59 Å². The molecular weight excluding hydrogens is 336 g/mol. The predicted molar refractivity (Wildman–Crippen MR) is 95.3 cm³/mol. The number of primary amides is 1. The van der Waals surface area contributed by atoms with Gasteiger partial charge in [-0.05, 0) is 29.8 Å². The second-order valence-corrected chi connectivity index (χ2v) is 5.53. The van der Waals surface area contributed by atoms with Crippen LogP contribution in [0.1, 0.15) is 22.3 Å². The van der Waals surface area contributed by atoms with E-state index in [1.807, 2.05) is 0 Å². The number of aliphatic hydroxyl groups is 1. The Morgan fingerprint density at radius 2 is 1.65 bits per heavy atom. The number of carbonyl (C=O) groups excluding carboxylic acids is 3. The standard InChI is InChI=1S/C19H20N2O5/c20-17(23)10-11-21(16-4-2-1-3-5-16)18(24)13-26-19(25)15-8-6-14(12-22)7-9-15/h1-9,22H,10-13H2,(H2,20,23). The first kappa shape index (κ1) is 19.1. The number of para-hydroxylation sites is 1. The van der Waals surface area contributed by atoms with Crippen molar-refractivity contribution in [2.24, 2.45) is 5.73 Å². The van der Waals surface area contributed by atoms with Crippen LogP contribution in [0.3, 0.4) is 0 Å². The molecule has 0 aliphatic heterocycles. The van der Waals surface area contributed by atoms with Crippen LogP contribution in [0.25, 0.3) is 0 Å². The molecule has 136 valence electrons. The summed E-state index contributed by atoms with van der Waals surface area (Å²) in [4.78, 5) is 36.9. The molecule has 7 heteroatoms. The van der Waals surface area contributed by atoms with E-state index in [1.165, 1.54) is 17.0 Å². The van der Waals surface area contributed by atoms with Gasteiger partial charge in [-0.2, -0.15) is 0 Å². The van der Waals surface area contributed by atoms with Crippen molar-refractivity contribution >= 4 is 23.5 Å². The largest absolute Gasteiger partial charge is 0.452 e. The number of rotatable bonds is 8. The van der Waals surface area contributed by atoms with Crippen LogP contribution in [0.2, 0.25) is 0 Å². The van der Waals surface area contributed by atoms with Crippen LogP contribution in [0.15, 0.2) is 54.6 Å². The van der Waals surface area contributed by atoms with Crippen molar-refractivity contribution in [2.75, 3.05) is 18.1 Å². The first-order valence-corrected chi connectivity index (χ1v) is 8.02. The van der Waals surface area contributed by atoms with E-state index >= 15 is 0 Å². The number of nitrogens with zero attached hydrogens (tertiary/aromatic N) is 1. The zero-order valence-electron chi connectivity index (χ0n) is 14.1. The minimum Gasteiger partial charge on any atom is -0.452 e. The van der Waals surface area contributed by atoms with Gasteiger partial charge in [0.05, 0.1) is 12.2 Å². The second-order valence-electron chi connectivity index (χ2n) is 5.53. The summed E-state index contributed by atoms with van der Waals surface area (Å²) in [5, 5.41) is 9.00. The van der Waals surface area contributed by atoms with Gasteiger partial charge >= 0.3 is 5.97 Å². The molecule has 0 atom stereocenters. The van der Waals surface area contributed by atoms with Crippen LogP contribution < -0.4 is 10.6 Å². The Balaban J connectivity index is 2.01. The van der Waals surface area contributed by atoms with E-state index < -0.39 is 24.4 Å². The van der Waals surface area contributed by atoms with Crippen LogP contribution >= 0.6 is 0 Å². The van der Waals surface area contributed by atoms with Crippen LogP contribution in [-0.4, -0.2) is 36.0 Å². The first-order chi connectivity index (χ1) is 12.5.